The molecule has 0 radical (unpaired) electrons. The molecule has 114 valence electrons. The third-order valence-corrected chi connectivity index (χ3v) is 3.52. The van der Waals surface area contributed by atoms with Crippen LogP contribution in [-0.2, 0) is 4.79 Å². The van der Waals surface area contributed by atoms with E-state index in [0.29, 0.717) is 24.4 Å². The number of benzene rings is 1. The van der Waals surface area contributed by atoms with E-state index >= 15 is 0 Å². The maximum absolute atomic E-state index is 11.9. The summed E-state index contributed by atoms with van der Waals surface area (Å²) < 4.78 is 5.42. The van der Waals surface area contributed by atoms with Crippen molar-refractivity contribution in [3.8, 4) is 5.75 Å². The molecular weight excluding hydrogens is 274 g/mol. The molecule has 0 aromatic heterocycles. The van der Waals surface area contributed by atoms with Gasteiger partial charge in [-0.15, -0.1) is 0 Å². The lowest BCUT2D eigenvalue weighted by atomic mass is 10.1. The van der Waals surface area contributed by atoms with E-state index in [9.17, 15) is 4.79 Å². The van der Waals surface area contributed by atoms with E-state index in [1.54, 1.807) is 29.2 Å². The molecule has 21 heavy (non-hydrogen) atoms. The average Bonchev–Trinajstić information content (AvgIpc) is 3.01. The predicted octanol–water partition coefficient (Wildman–Crippen LogP) is 0.000700. The Kier molecular flexibility index (Phi) is 4.99. The lowest BCUT2D eigenvalue weighted by molar-refractivity contribution is -0.132. The number of ether oxygens (including phenoxy) is 1. The van der Waals surface area contributed by atoms with Gasteiger partial charge in [-0.05, 0) is 30.7 Å². The number of rotatable bonds is 5. The second-order valence-electron chi connectivity index (χ2n) is 4.98. The van der Waals surface area contributed by atoms with Crippen LogP contribution in [0.25, 0.3) is 0 Å². The van der Waals surface area contributed by atoms with Gasteiger partial charge in [0.25, 0.3) is 5.91 Å². The zero-order valence-corrected chi connectivity index (χ0v) is 11.6. The van der Waals surface area contributed by atoms with Crippen LogP contribution in [0.15, 0.2) is 29.4 Å². The fraction of sp³-hybridized carbons (Fsp3) is 0.429. The van der Waals surface area contributed by atoms with Crippen molar-refractivity contribution < 1.29 is 19.8 Å². The van der Waals surface area contributed by atoms with Gasteiger partial charge in [0.1, 0.15) is 5.75 Å². The number of carbonyl (C=O) groups is 1. The zero-order chi connectivity index (χ0) is 15.2. The van der Waals surface area contributed by atoms with Crippen LogP contribution in [0.5, 0.6) is 5.75 Å². The Bertz CT molecular complexity index is 515. The first-order valence-corrected chi connectivity index (χ1v) is 6.73. The molecule has 0 spiro atoms. The summed E-state index contributed by atoms with van der Waals surface area (Å²) in [6.45, 7) is 1.32. The monoisotopic (exact) mass is 293 g/mol. The fourth-order valence-electron chi connectivity index (χ4n) is 2.22. The quantitative estimate of drug-likeness (QED) is 0.306. The summed E-state index contributed by atoms with van der Waals surface area (Å²) in [5, 5.41) is 20.5. The molecule has 1 aliphatic heterocycles. The minimum absolute atomic E-state index is 0.0183. The van der Waals surface area contributed by atoms with Crippen molar-refractivity contribution in [2.24, 2.45) is 16.8 Å². The summed E-state index contributed by atoms with van der Waals surface area (Å²) in [5.41, 5.74) is 6.02. The molecule has 4 N–H and O–H groups in total. The third-order valence-electron chi connectivity index (χ3n) is 3.52. The van der Waals surface area contributed by atoms with Gasteiger partial charge in [0.2, 0.25) is 0 Å². The molecule has 0 bridgehead atoms. The van der Waals surface area contributed by atoms with Gasteiger partial charge in [0, 0.05) is 31.2 Å². The van der Waals surface area contributed by atoms with Crippen molar-refractivity contribution >= 4 is 11.7 Å². The van der Waals surface area contributed by atoms with Crippen molar-refractivity contribution in [2.75, 3.05) is 26.3 Å². The Morgan fingerprint density at radius 2 is 2.14 bits per heavy atom. The number of oxime groups is 1. The van der Waals surface area contributed by atoms with Crippen molar-refractivity contribution in [3.05, 3.63) is 29.8 Å². The number of likely N-dealkylation sites (tertiary alicyclic amines) is 1. The highest BCUT2D eigenvalue weighted by atomic mass is 16.5. The van der Waals surface area contributed by atoms with Crippen LogP contribution in [0.2, 0.25) is 0 Å². The number of hydrogen-bond donors (Lipinski definition) is 3. The maximum atomic E-state index is 11.9. The van der Waals surface area contributed by atoms with Crippen molar-refractivity contribution in [1.82, 2.24) is 4.90 Å². The number of nitrogens with two attached hydrogens (primary N) is 1. The minimum Gasteiger partial charge on any atom is -0.484 e. The van der Waals surface area contributed by atoms with Gasteiger partial charge in [-0.1, -0.05) is 5.16 Å². The Hall–Kier alpha value is -2.28. The van der Waals surface area contributed by atoms with Crippen LogP contribution < -0.4 is 10.5 Å². The van der Waals surface area contributed by atoms with Crippen LogP contribution in [0.3, 0.4) is 0 Å². The summed E-state index contributed by atoms with van der Waals surface area (Å²) >= 11 is 0. The zero-order valence-electron chi connectivity index (χ0n) is 11.6. The molecule has 1 atom stereocenters. The molecule has 1 heterocycles. The molecule has 7 heteroatoms. The summed E-state index contributed by atoms with van der Waals surface area (Å²) in [6, 6.07) is 6.60. The molecule has 1 amide bonds. The second kappa shape index (κ2) is 6.94. The normalized spacial score (nSPS) is 18.8. The molecule has 1 saturated heterocycles. The van der Waals surface area contributed by atoms with E-state index in [1.165, 1.54) is 0 Å². The van der Waals surface area contributed by atoms with Gasteiger partial charge in [-0.25, -0.2) is 0 Å². The summed E-state index contributed by atoms with van der Waals surface area (Å²) in [5.74, 6) is 0.640. The molecular formula is C14H19N3O4. The predicted molar refractivity (Wildman–Crippen MR) is 76.2 cm³/mol. The third kappa shape index (κ3) is 3.85. The van der Waals surface area contributed by atoms with Crippen molar-refractivity contribution in [1.29, 1.82) is 0 Å². The number of aliphatic hydroxyl groups excluding tert-OH is 1. The highest BCUT2D eigenvalue weighted by Gasteiger charge is 2.25. The van der Waals surface area contributed by atoms with Gasteiger partial charge < -0.3 is 25.7 Å². The molecule has 7 nitrogen and oxygen atoms in total. The highest BCUT2D eigenvalue weighted by molar-refractivity contribution is 5.97. The SMILES string of the molecule is N/C(=N/O)c1ccc(OCC(=O)N2CCC(CO)C2)cc1. The van der Waals surface area contributed by atoms with Gasteiger partial charge in [-0.2, -0.15) is 0 Å². The van der Waals surface area contributed by atoms with E-state index in [2.05, 4.69) is 5.16 Å². The van der Waals surface area contributed by atoms with Crippen LogP contribution in [0, 0.1) is 5.92 Å². The summed E-state index contributed by atoms with van der Waals surface area (Å²) in [4.78, 5) is 13.6. The lowest BCUT2D eigenvalue weighted by Gasteiger charge is -2.16. The van der Waals surface area contributed by atoms with Gasteiger partial charge in [0.15, 0.2) is 12.4 Å². The van der Waals surface area contributed by atoms with E-state index < -0.39 is 0 Å². The molecule has 1 fully saturated rings. The second-order valence-corrected chi connectivity index (χ2v) is 4.98. The number of nitrogens with zero attached hydrogens (tertiary/aromatic N) is 2. The topological polar surface area (TPSA) is 108 Å². The Labute approximate surface area is 122 Å². The van der Waals surface area contributed by atoms with E-state index in [1.807, 2.05) is 0 Å². The molecule has 0 saturated carbocycles. The number of amides is 1. The van der Waals surface area contributed by atoms with E-state index in [-0.39, 0.29) is 30.9 Å². The standard InChI is InChI=1S/C14H19N3O4/c15-14(16-20)11-1-3-12(4-2-11)21-9-13(19)17-6-5-10(7-17)8-18/h1-4,10,18,20H,5-9H2,(H2,15,16). The Morgan fingerprint density at radius 1 is 1.43 bits per heavy atom. The van der Waals surface area contributed by atoms with Gasteiger partial charge in [0.05, 0.1) is 0 Å². The Morgan fingerprint density at radius 3 is 2.71 bits per heavy atom. The van der Waals surface area contributed by atoms with Crippen LogP contribution >= 0.6 is 0 Å². The lowest BCUT2D eigenvalue weighted by Crippen LogP contribution is -2.33. The Balaban J connectivity index is 1.84. The van der Waals surface area contributed by atoms with Crippen molar-refractivity contribution in [2.45, 2.75) is 6.42 Å². The van der Waals surface area contributed by atoms with Crippen molar-refractivity contribution in [3.63, 3.8) is 0 Å². The van der Waals surface area contributed by atoms with Crippen LogP contribution in [0.1, 0.15) is 12.0 Å². The maximum Gasteiger partial charge on any atom is 0.260 e. The van der Waals surface area contributed by atoms with E-state index in [0.717, 1.165) is 6.42 Å². The molecule has 1 unspecified atom stereocenters. The van der Waals surface area contributed by atoms with Gasteiger partial charge >= 0.3 is 0 Å². The number of amidine groups is 1. The first-order valence-electron chi connectivity index (χ1n) is 6.73. The van der Waals surface area contributed by atoms with Gasteiger partial charge in [-0.3, -0.25) is 4.79 Å². The van der Waals surface area contributed by atoms with Crippen LogP contribution in [-0.4, -0.2) is 53.3 Å². The molecule has 2 rings (SSSR count). The molecule has 0 aliphatic carbocycles. The smallest absolute Gasteiger partial charge is 0.260 e. The largest absolute Gasteiger partial charge is 0.484 e. The number of carbonyl (C=O) groups excluding carboxylic acids is 1. The fourth-order valence-corrected chi connectivity index (χ4v) is 2.22. The summed E-state index contributed by atoms with van der Waals surface area (Å²) in [6.07, 6.45) is 0.830. The molecule has 1 aromatic rings. The number of aliphatic hydroxyl groups is 1. The minimum atomic E-state index is -0.0912. The van der Waals surface area contributed by atoms with Crippen LogP contribution in [0.4, 0.5) is 0 Å². The first-order chi connectivity index (χ1) is 10.1. The summed E-state index contributed by atoms with van der Waals surface area (Å²) in [7, 11) is 0. The van der Waals surface area contributed by atoms with E-state index in [4.69, 9.17) is 20.8 Å². The number of hydrogen-bond acceptors (Lipinski definition) is 5. The molecule has 1 aliphatic rings. The average molecular weight is 293 g/mol. The highest BCUT2D eigenvalue weighted by Crippen LogP contribution is 2.16. The molecule has 1 aromatic carbocycles. The first kappa shape index (κ1) is 15.1.